The van der Waals surface area contributed by atoms with Crippen molar-refractivity contribution in [3.8, 4) is 0 Å². The lowest BCUT2D eigenvalue weighted by atomic mass is 10.2. The van der Waals surface area contributed by atoms with E-state index >= 15 is 0 Å². The largest absolute Gasteiger partial charge is 0.384 e. The van der Waals surface area contributed by atoms with Gasteiger partial charge in [-0.1, -0.05) is 0 Å². The van der Waals surface area contributed by atoms with Crippen LogP contribution in [0.1, 0.15) is 0 Å². The van der Waals surface area contributed by atoms with Crippen LogP contribution in [0.4, 0.5) is 11.4 Å². The third-order valence-corrected chi connectivity index (χ3v) is 6.24. The average Bonchev–Trinajstić information content (AvgIpc) is 3.14. The number of thiazole rings is 1. The third-order valence-electron chi connectivity index (χ3n) is 4.12. The Kier molecular flexibility index (Phi) is 4.92. The van der Waals surface area contributed by atoms with E-state index in [0.29, 0.717) is 12.4 Å². The Bertz CT molecular complexity index is 1090. The molecule has 4 rings (SSSR count). The fraction of sp³-hybridized carbons (Fsp3) is 0.158. The summed E-state index contributed by atoms with van der Waals surface area (Å²) in [5, 5.41) is 4.45. The monoisotopic (exact) mass is 384 g/mol. The lowest BCUT2D eigenvalue weighted by Crippen LogP contribution is -2.07. The molecule has 0 radical (unpaired) electrons. The van der Waals surface area contributed by atoms with Crippen LogP contribution in [-0.2, 0) is 15.5 Å². The molecule has 0 aliphatic rings. The van der Waals surface area contributed by atoms with Crippen molar-refractivity contribution < 1.29 is 13.9 Å². The van der Waals surface area contributed by atoms with Crippen molar-refractivity contribution in [2.45, 2.75) is 4.90 Å². The molecule has 4 aromatic rings. The van der Waals surface area contributed by atoms with Gasteiger partial charge in [0, 0.05) is 29.8 Å². The first kappa shape index (κ1) is 17.1. The molecule has 2 aromatic carbocycles. The Hall–Kier alpha value is -2.35. The zero-order valence-electron chi connectivity index (χ0n) is 14.2. The number of rotatable bonds is 6. The lowest BCUT2D eigenvalue weighted by Gasteiger charge is -2.09. The first-order valence-corrected chi connectivity index (χ1v) is 10.4. The molecule has 0 bridgehead atoms. The summed E-state index contributed by atoms with van der Waals surface area (Å²) >= 11 is 1.63. The molecule has 5 nitrogen and oxygen atoms in total. The number of ether oxygens (including phenoxy) is 1. The van der Waals surface area contributed by atoms with Crippen molar-refractivity contribution in [1.29, 1.82) is 0 Å². The smallest absolute Gasteiger partial charge is 0.212 e. The predicted octanol–water partition coefficient (Wildman–Crippen LogP) is 3.76. The topological polar surface area (TPSA) is 65.4 Å². The number of hydrogen-bond acceptors (Lipinski definition) is 5. The van der Waals surface area contributed by atoms with Crippen LogP contribution in [-0.4, -0.2) is 28.7 Å². The number of hydrogen-bond donors (Lipinski definition) is 1. The maximum Gasteiger partial charge on any atom is 0.212 e. The van der Waals surface area contributed by atoms with E-state index in [1.807, 2.05) is 48.1 Å². The van der Waals surface area contributed by atoms with Gasteiger partial charge in [0.15, 0.2) is 6.20 Å². The molecule has 2 heterocycles. The Morgan fingerprint density at radius 2 is 2.15 bits per heavy atom. The second-order valence-electron chi connectivity index (χ2n) is 5.80. The summed E-state index contributed by atoms with van der Waals surface area (Å²) in [5.41, 5.74) is 5.74. The highest BCUT2D eigenvalue weighted by Gasteiger charge is 2.11. The van der Waals surface area contributed by atoms with Gasteiger partial charge in [0.2, 0.25) is 5.52 Å². The predicted molar refractivity (Wildman–Crippen MR) is 107 cm³/mol. The minimum atomic E-state index is -1.08. The molecule has 0 fully saturated rings. The SMILES string of the molecule is COCCS(=O)c1ccc2[nH+]ccc(Nc3ccc4scnc4c3)c2c1. The van der Waals surface area contributed by atoms with Crippen molar-refractivity contribution in [3.63, 3.8) is 0 Å². The molecule has 7 heteroatoms. The number of aromatic amines is 1. The Balaban J connectivity index is 1.70. The first-order valence-electron chi connectivity index (χ1n) is 8.16. The number of pyridine rings is 1. The van der Waals surface area contributed by atoms with E-state index in [-0.39, 0.29) is 0 Å². The van der Waals surface area contributed by atoms with E-state index in [0.717, 1.165) is 37.4 Å². The standard InChI is InChI=1S/C19H17N3O2S2/c1-24-8-9-26(23)14-3-4-16-15(11-14)17(6-7-20-16)22-13-2-5-19-18(10-13)21-12-25-19/h2-7,10-12H,8-9H2,1H3,(H,20,22)/p+1. The Labute approximate surface area is 157 Å². The van der Waals surface area contributed by atoms with Crippen molar-refractivity contribution in [2.24, 2.45) is 0 Å². The molecule has 1 unspecified atom stereocenters. The van der Waals surface area contributed by atoms with Crippen LogP contribution in [0.5, 0.6) is 0 Å². The van der Waals surface area contributed by atoms with Gasteiger partial charge in [0.1, 0.15) is 0 Å². The van der Waals surface area contributed by atoms with Gasteiger partial charge in [-0.05, 0) is 30.3 Å². The van der Waals surface area contributed by atoms with Crippen LogP contribution < -0.4 is 10.3 Å². The molecule has 0 saturated carbocycles. The van der Waals surface area contributed by atoms with Gasteiger partial charge < -0.3 is 10.1 Å². The van der Waals surface area contributed by atoms with Gasteiger partial charge in [0.25, 0.3) is 0 Å². The number of H-pyrrole nitrogens is 1. The number of benzene rings is 2. The fourth-order valence-electron chi connectivity index (χ4n) is 2.80. The maximum atomic E-state index is 12.4. The molecule has 0 aliphatic heterocycles. The summed E-state index contributed by atoms with van der Waals surface area (Å²) < 4.78 is 18.6. The summed E-state index contributed by atoms with van der Waals surface area (Å²) in [7, 11) is 0.536. The second kappa shape index (κ2) is 7.49. The van der Waals surface area contributed by atoms with Gasteiger partial charge in [-0.15, -0.1) is 11.3 Å². The van der Waals surface area contributed by atoms with Crippen molar-refractivity contribution in [3.05, 3.63) is 54.2 Å². The summed E-state index contributed by atoms with van der Waals surface area (Å²) in [6.07, 6.45) is 1.90. The molecular weight excluding hydrogens is 366 g/mol. The van der Waals surface area contributed by atoms with E-state index in [1.165, 1.54) is 0 Å². The zero-order valence-corrected chi connectivity index (χ0v) is 15.8. The van der Waals surface area contributed by atoms with Crippen LogP contribution in [0.2, 0.25) is 0 Å². The van der Waals surface area contributed by atoms with Gasteiger partial charge in [-0.2, -0.15) is 0 Å². The van der Waals surface area contributed by atoms with E-state index in [2.05, 4.69) is 21.4 Å². The minimum Gasteiger partial charge on any atom is -0.384 e. The van der Waals surface area contributed by atoms with Gasteiger partial charge >= 0.3 is 0 Å². The average molecular weight is 385 g/mol. The summed E-state index contributed by atoms with van der Waals surface area (Å²) in [6, 6.07) is 14.0. The van der Waals surface area contributed by atoms with Crippen molar-refractivity contribution in [2.75, 3.05) is 24.8 Å². The fourth-order valence-corrected chi connectivity index (χ4v) is 4.48. The molecule has 26 heavy (non-hydrogen) atoms. The van der Waals surface area contributed by atoms with E-state index in [4.69, 9.17) is 4.74 Å². The third kappa shape index (κ3) is 3.46. The number of nitrogens with one attached hydrogen (secondary N) is 2. The van der Waals surface area contributed by atoms with E-state index in [9.17, 15) is 4.21 Å². The first-order chi connectivity index (χ1) is 12.7. The quantitative estimate of drug-likeness (QED) is 0.550. The maximum absolute atomic E-state index is 12.4. The molecular formula is C19H18N3O2S2+. The molecule has 2 aromatic heterocycles. The molecule has 0 saturated heterocycles. The van der Waals surface area contributed by atoms with Gasteiger partial charge in [-0.25, -0.2) is 9.97 Å². The Morgan fingerprint density at radius 1 is 1.23 bits per heavy atom. The van der Waals surface area contributed by atoms with Crippen molar-refractivity contribution >= 4 is 54.6 Å². The Morgan fingerprint density at radius 3 is 3.04 bits per heavy atom. The second-order valence-corrected chi connectivity index (χ2v) is 8.26. The van der Waals surface area contributed by atoms with Crippen LogP contribution in [0.15, 0.2) is 59.1 Å². The van der Waals surface area contributed by atoms with Crippen LogP contribution in [0.25, 0.3) is 21.1 Å². The van der Waals surface area contributed by atoms with Gasteiger partial charge in [-0.3, -0.25) is 4.21 Å². The summed E-state index contributed by atoms with van der Waals surface area (Å²) in [5.74, 6) is 0.488. The molecule has 1 atom stereocenters. The highest BCUT2D eigenvalue weighted by atomic mass is 32.2. The number of aromatic nitrogens is 2. The van der Waals surface area contributed by atoms with E-state index < -0.39 is 10.8 Å². The van der Waals surface area contributed by atoms with Gasteiger partial charge in [0.05, 0.1) is 50.0 Å². The highest BCUT2D eigenvalue weighted by molar-refractivity contribution is 7.85. The molecule has 0 spiro atoms. The zero-order chi connectivity index (χ0) is 17.9. The molecule has 132 valence electrons. The number of anilines is 2. The normalized spacial score (nSPS) is 12.5. The van der Waals surface area contributed by atoms with Crippen LogP contribution in [0.3, 0.4) is 0 Å². The molecule has 0 aliphatic carbocycles. The molecule has 2 N–H and O–H groups in total. The number of fused-ring (bicyclic) bond motifs is 2. The number of nitrogens with zero attached hydrogens (tertiary/aromatic N) is 1. The van der Waals surface area contributed by atoms with Crippen molar-refractivity contribution in [1.82, 2.24) is 4.98 Å². The summed E-state index contributed by atoms with van der Waals surface area (Å²) in [6.45, 7) is 0.477. The summed E-state index contributed by atoms with van der Waals surface area (Å²) in [4.78, 5) is 8.41. The van der Waals surface area contributed by atoms with Crippen LogP contribution in [0, 0.1) is 0 Å². The van der Waals surface area contributed by atoms with E-state index in [1.54, 1.807) is 18.4 Å². The molecule has 0 amide bonds. The lowest BCUT2D eigenvalue weighted by molar-refractivity contribution is -0.344. The van der Waals surface area contributed by atoms with Crippen LogP contribution >= 0.6 is 11.3 Å². The number of methoxy groups -OCH3 is 1. The highest BCUT2D eigenvalue weighted by Crippen LogP contribution is 2.28. The minimum absolute atomic E-state index is 0.477.